The fourth-order valence-electron chi connectivity index (χ4n) is 1.46. The molecule has 2 unspecified atom stereocenters. The highest BCUT2D eigenvalue weighted by Crippen LogP contribution is 2.13. The van der Waals surface area contributed by atoms with E-state index in [0.29, 0.717) is 0 Å². The molecule has 2 N–H and O–H groups in total. The summed E-state index contributed by atoms with van der Waals surface area (Å²) in [6, 6.07) is 0. The van der Waals surface area contributed by atoms with Crippen molar-refractivity contribution in [3.8, 4) is 0 Å². The molecule has 0 aromatic heterocycles. The molecule has 0 saturated carbocycles. The van der Waals surface area contributed by atoms with E-state index in [-0.39, 0.29) is 26.1 Å². The van der Waals surface area contributed by atoms with Gasteiger partial charge in [-0.1, -0.05) is 0 Å². The first-order chi connectivity index (χ1) is 9.43. The zero-order valence-electron chi connectivity index (χ0n) is 11.5. The van der Waals surface area contributed by atoms with Crippen LogP contribution in [0, 0.1) is 6.92 Å². The summed E-state index contributed by atoms with van der Waals surface area (Å²) in [7, 11) is -8.54. The molecule has 0 aliphatic carbocycles. The Morgan fingerprint density at radius 2 is 1.76 bits per heavy atom. The van der Waals surface area contributed by atoms with Gasteiger partial charge in [0.05, 0.1) is 5.75 Å². The lowest BCUT2D eigenvalue weighted by Crippen LogP contribution is -2.36. The van der Waals surface area contributed by atoms with Gasteiger partial charge >= 0.3 is 5.97 Å². The van der Waals surface area contributed by atoms with Crippen molar-refractivity contribution in [3.63, 3.8) is 0 Å². The Bertz CT molecular complexity index is 523. The summed E-state index contributed by atoms with van der Waals surface area (Å²) in [5.74, 6) is -1.21. The van der Waals surface area contributed by atoms with Crippen LogP contribution in [0.4, 0.5) is 0 Å². The van der Waals surface area contributed by atoms with E-state index < -0.39 is 43.3 Å². The van der Waals surface area contributed by atoms with Gasteiger partial charge in [-0.15, -0.1) is 0 Å². The summed E-state index contributed by atoms with van der Waals surface area (Å²) in [5, 5.41) is -1.44. The molecular formula is C10H19O9S2. The first kappa shape index (κ1) is 20.2. The lowest BCUT2D eigenvalue weighted by atomic mass is 10.2. The van der Waals surface area contributed by atoms with Crippen LogP contribution in [0.1, 0.15) is 19.8 Å². The van der Waals surface area contributed by atoms with E-state index in [1.165, 1.54) is 0 Å². The summed E-state index contributed by atoms with van der Waals surface area (Å²) in [6.07, 6.45) is -1.45. The van der Waals surface area contributed by atoms with Gasteiger partial charge in [0.25, 0.3) is 20.2 Å². The molecule has 1 radical (unpaired) electrons. The molecule has 0 amide bonds. The molecule has 0 aliphatic heterocycles. The predicted octanol–water partition coefficient (Wildman–Crippen LogP) is -0.307. The van der Waals surface area contributed by atoms with Crippen LogP contribution in [0.25, 0.3) is 0 Å². The van der Waals surface area contributed by atoms with E-state index in [1.54, 1.807) is 0 Å². The maximum absolute atomic E-state index is 11.2. The number of hydrogen-bond donors (Lipinski definition) is 2. The van der Waals surface area contributed by atoms with Gasteiger partial charge in [-0.05, 0) is 19.8 Å². The summed E-state index contributed by atoms with van der Waals surface area (Å²) in [6.45, 7) is 4.27. The molecule has 2 atom stereocenters. The van der Waals surface area contributed by atoms with Crippen LogP contribution in [0.15, 0.2) is 0 Å². The van der Waals surface area contributed by atoms with Crippen molar-refractivity contribution in [1.29, 1.82) is 0 Å². The lowest BCUT2D eigenvalue weighted by Gasteiger charge is -2.20. The highest BCUT2D eigenvalue weighted by atomic mass is 32.2. The topological polar surface area (TPSA) is 144 Å². The van der Waals surface area contributed by atoms with Crippen LogP contribution < -0.4 is 0 Å². The first-order valence-corrected chi connectivity index (χ1v) is 9.04. The van der Waals surface area contributed by atoms with Crippen LogP contribution in [-0.4, -0.2) is 62.2 Å². The quantitative estimate of drug-likeness (QED) is 0.309. The van der Waals surface area contributed by atoms with E-state index in [9.17, 15) is 21.6 Å². The molecule has 125 valence electrons. The summed E-state index contributed by atoms with van der Waals surface area (Å²) >= 11 is 0. The normalized spacial score (nSPS) is 15.4. The van der Waals surface area contributed by atoms with E-state index in [0.717, 1.165) is 6.92 Å². The van der Waals surface area contributed by atoms with Gasteiger partial charge in [-0.25, -0.2) is 0 Å². The SMILES string of the molecule is [CH2]C(OC(C)=O)C(CCOCCCS(=O)(=O)O)S(=O)(=O)O. The minimum absolute atomic E-state index is 0.0205. The van der Waals surface area contributed by atoms with E-state index >= 15 is 0 Å². The maximum atomic E-state index is 11.2. The fraction of sp³-hybridized carbons (Fsp3) is 0.800. The molecule has 0 heterocycles. The molecular weight excluding hydrogens is 328 g/mol. The number of carbonyl (C=O) groups is 1. The molecule has 9 nitrogen and oxygen atoms in total. The minimum Gasteiger partial charge on any atom is -0.461 e. The molecule has 0 saturated heterocycles. The second kappa shape index (κ2) is 8.63. The van der Waals surface area contributed by atoms with Crippen molar-refractivity contribution in [2.75, 3.05) is 19.0 Å². The zero-order valence-corrected chi connectivity index (χ0v) is 13.1. The van der Waals surface area contributed by atoms with Gasteiger partial charge in [0.1, 0.15) is 11.4 Å². The predicted molar refractivity (Wildman–Crippen MR) is 72.7 cm³/mol. The number of carbonyl (C=O) groups excluding carboxylic acids is 1. The smallest absolute Gasteiger partial charge is 0.302 e. The molecule has 0 aromatic carbocycles. The third kappa shape index (κ3) is 10.6. The van der Waals surface area contributed by atoms with Gasteiger partial charge in [-0.3, -0.25) is 13.9 Å². The third-order valence-electron chi connectivity index (χ3n) is 2.35. The molecule has 0 fully saturated rings. The van der Waals surface area contributed by atoms with Gasteiger partial charge in [0.2, 0.25) is 0 Å². The third-order valence-corrected chi connectivity index (χ3v) is 4.46. The van der Waals surface area contributed by atoms with Crippen LogP contribution >= 0.6 is 0 Å². The molecule has 21 heavy (non-hydrogen) atoms. The van der Waals surface area contributed by atoms with Crippen LogP contribution in [0.5, 0.6) is 0 Å². The van der Waals surface area contributed by atoms with Gasteiger partial charge < -0.3 is 9.47 Å². The van der Waals surface area contributed by atoms with Crippen molar-refractivity contribution in [2.24, 2.45) is 0 Å². The first-order valence-electron chi connectivity index (χ1n) is 5.93. The molecule has 0 bridgehead atoms. The van der Waals surface area contributed by atoms with Crippen molar-refractivity contribution in [3.05, 3.63) is 6.92 Å². The highest BCUT2D eigenvalue weighted by molar-refractivity contribution is 7.86. The number of rotatable bonds is 10. The fourth-order valence-corrected chi connectivity index (χ4v) is 2.78. The van der Waals surface area contributed by atoms with Gasteiger partial charge in [0.15, 0.2) is 0 Å². The molecule has 0 rings (SSSR count). The van der Waals surface area contributed by atoms with Gasteiger partial charge in [0, 0.05) is 20.1 Å². The van der Waals surface area contributed by atoms with Crippen molar-refractivity contribution in [2.45, 2.75) is 31.1 Å². The Labute approximate surface area is 124 Å². The molecule has 0 spiro atoms. The second-order valence-corrected chi connectivity index (χ2v) is 7.45. The standard InChI is InChI=1S/C10H19O9S2/c1-8(19-9(2)11)10(21(15,16)17)4-6-18-5-3-7-20(12,13)14/h8,10H,1,3-7H2,2H3,(H,12,13,14)(H,15,16,17). The largest absolute Gasteiger partial charge is 0.461 e. The number of esters is 1. The molecule has 0 aromatic rings. The van der Waals surface area contributed by atoms with Crippen LogP contribution in [-0.2, 0) is 34.5 Å². The Balaban J connectivity index is 4.24. The van der Waals surface area contributed by atoms with Gasteiger partial charge in [-0.2, -0.15) is 16.8 Å². The Kier molecular flexibility index (Phi) is 8.33. The zero-order chi connectivity index (χ0) is 16.7. The average Bonchev–Trinajstić information content (AvgIpc) is 2.23. The van der Waals surface area contributed by atoms with Crippen LogP contribution in [0.2, 0.25) is 0 Å². The Morgan fingerprint density at radius 3 is 2.19 bits per heavy atom. The Morgan fingerprint density at radius 1 is 1.19 bits per heavy atom. The second-order valence-electron chi connectivity index (χ2n) is 4.24. The molecule has 0 aliphatic rings. The number of ether oxygens (including phenoxy) is 2. The Hall–Kier alpha value is -0.750. The van der Waals surface area contributed by atoms with E-state index in [4.69, 9.17) is 13.8 Å². The van der Waals surface area contributed by atoms with E-state index in [1.807, 2.05) is 0 Å². The van der Waals surface area contributed by atoms with Crippen LogP contribution in [0.3, 0.4) is 0 Å². The van der Waals surface area contributed by atoms with Crippen molar-refractivity contribution < 1.29 is 40.2 Å². The van der Waals surface area contributed by atoms with E-state index in [2.05, 4.69) is 11.7 Å². The summed E-state index contributed by atoms with van der Waals surface area (Å²) < 4.78 is 70.3. The average molecular weight is 347 g/mol. The maximum Gasteiger partial charge on any atom is 0.302 e. The molecule has 11 heteroatoms. The van der Waals surface area contributed by atoms with Crippen molar-refractivity contribution >= 4 is 26.2 Å². The summed E-state index contributed by atoms with van der Waals surface area (Å²) in [4.78, 5) is 10.7. The lowest BCUT2D eigenvalue weighted by molar-refractivity contribution is -0.144. The monoisotopic (exact) mass is 347 g/mol. The summed E-state index contributed by atoms with van der Waals surface area (Å²) in [5.41, 5.74) is 0. The highest BCUT2D eigenvalue weighted by Gasteiger charge is 2.31. The number of hydrogen-bond acceptors (Lipinski definition) is 7. The van der Waals surface area contributed by atoms with Crippen molar-refractivity contribution in [1.82, 2.24) is 0 Å². The minimum atomic E-state index is -4.48.